The number of hydrogen-bond donors (Lipinski definition) is 0. The van der Waals surface area contributed by atoms with Crippen LogP contribution in [0.4, 0.5) is 0 Å². The second-order valence-corrected chi connectivity index (χ2v) is 6.05. The molecule has 0 aliphatic carbocycles. The molecule has 0 N–H and O–H groups in total. The normalized spacial score (nSPS) is 11.0. The summed E-state index contributed by atoms with van der Waals surface area (Å²) < 4.78 is 10.4. The summed E-state index contributed by atoms with van der Waals surface area (Å²) in [6.45, 7) is 0.329. The van der Waals surface area contributed by atoms with Crippen LogP contribution in [-0.4, -0.2) is 35.7 Å². The van der Waals surface area contributed by atoms with E-state index in [1.54, 1.807) is 7.05 Å². The summed E-state index contributed by atoms with van der Waals surface area (Å²) in [5.74, 6) is -0.399. The lowest BCUT2D eigenvalue weighted by molar-refractivity contribution is 0.0773. The van der Waals surface area contributed by atoms with Crippen molar-refractivity contribution in [2.45, 2.75) is 6.54 Å². The smallest absolute Gasteiger partial charge is 0.331 e. The Kier molecular flexibility index (Phi) is 4.02. The van der Waals surface area contributed by atoms with Crippen LogP contribution in [0.3, 0.4) is 0 Å². The first kappa shape index (κ1) is 16.1. The fourth-order valence-electron chi connectivity index (χ4n) is 2.41. The average Bonchev–Trinajstić information content (AvgIpc) is 3.03. The van der Waals surface area contributed by atoms with Gasteiger partial charge in [-0.1, -0.05) is 6.07 Å². The van der Waals surface area contributed by atoms with Crippen molar-refractivity contribution >= 4 is 28.7 Å². The Morgan fingerprint density at radius 3 is 2.58 bits per heavy atom. The maximum Gasteiger partial charge on any atom is 0.331 e. The van der Waals surface area contributed by atoms with E-state index < -0.39 is 17.2 Å². The van der Waals surface area contributed by atoms with Crippen molar-refractivity contribution in [1.82, 2.24) is 22.8 Å². The molecule has 0 atom stereocenters. The van der Waals surface area contributed by atoms with E-state index in [0.717, 1.165) is 32.9 Å². The fourth-order valence-corrected chi connectivity index (χ4v) is 2.92. The van der Waals surface area contributed by atoms with Crippen molar-refractivity contribution in [3.63, 3.8) is 0 Å². The lowest BCUT2D eigenvalue weighted by atomic mass is 10.2. The van der Waals surface area contributed by atoms with E-state index in [9.17, 15) is 14.4 Å². The number of fused-ring (bicyclic) bond motifs is 1. The van der Waals surface area contributed by atoms with Gasteiger partial charge in [0.25, 0.3) is 11.5 Å². The van der Waals surface area contributed by atoms with Crippen LogP contribution in [0.2, 0.25) is 0 Å². The van der Waals surface area contributed by atoms with Crippen LogP contribution in [0.25, 0.3) is 11.0 Å². The molecule has 124 valence electrons. The minimum atomic E-state index is -0.533. The summed E-state index contributed by atoms with van der Waals surface area (Å²) >= 11 is 1.13. The molecular formula is C15H15N5O3S. The molecule has 2 aromatic heterocycles. The maximum absolute atomic E-state index is 12.6. The lowest BCUT2D eigenvalue weighted by Crippen LogP contribution is -2.41. The van der Waals surface area contributed by atoms with Crippen LogP contribution in [0.1, 0.15) is 16.1 Å². The van der Waals surface area contributed by atoms with Crippen LogP contribution in [0, 0.1) is 0 Å². The first-order valence-corrected chi connectivity index (χ1v) is 7.85. The van der Waals surface area contributed by atoms with E-state index in [0.29, 0.717) is 6.54 Å². The first-order valence-electron chi connectivity index (χ1n) is 7.12. The molecule has 0 radical (unpaired) electrons. The summed E-state index contributed by atoms with van der Waals surface area (Å²) in [6.07, 6.45) is 0. The number of aromatic nitrogens is 4. The van der Waals surface area contributed by atoms with Crippen LogP contribution >= 0.6 is 11.7 Å². The molecule has 9 heteroatoms. The summed E-state index contributed by atoms with van der Waals surface area (Å²) in [6, 6.07) is 6.76. The zero-order valence-corrected chi connectivity index (χ0v) is 14.2. The van der Waals surface area contributed by atoms with Crippen molar-refractivity contribution < 1.29 is 4.79 Å². The molecule has 3 rings (SSSR count). The largest absolute Gasteiger partial charge is 0.336 e. The molecule has 1 aromatic carbocycles. The van der Waals surface area contributed by atoms with Gasteiger partial charge in [0, 0.05) is 33.8 Å². The zero-order valence-electron chi connectivity index (χ0n) is 13.4. The lowest BCUT2D eigenvalue weighted by Gasteiger charge is -2.19. The average molecular weight is 345 g/mol. The van der Waals surface area contributed by atoms with Gasteiger partial charge in [-0.05, 0) is 17.7 Å². The van der Waals surface area contributed by atoms with Crippen molar-refractivity contribution in [1.29, 1.82) is 0 Å². The van der Waals surface area contributed by atoms with E-state index in [1.807, 2.05) is 18.2 Å². The second kappa shape index (κ2) is 6.00. The molecule has 0 aliphatic heterocycles. The van der Waals surface area contributed by atoms with Crippen LogP contribution in [0.5, 0.6) is 0 Å². The molecular weight excluding hydrogens is 330 g/mol. The fraction of sp³-hybridized carbons (Fsp3) is 0.267. The third-order valence-electron chi connectivity index (χ3n) is 3.83. The van der Waals surface area contributed by atoms with Gasteiger partial charge >= 0.3 is 5.69 Å². The summed E-state index contributed by atoms with van der Waals surface area (Å²) in [7, 11) is 4.46. The first-order chi connectivity index (χ1) is 11.4. The summed E-state index contributed by atoms with van der Waals surface area (Å²) in [4.78, 5) is 37.8. The van der Waals surface area contributed by atoms with Crippen molar-refractivity contribution in [2.75, 3.05) is 7.05 Å². The Bertz CT molecular complexity index is 1050. The Morgan fingerprint density at radius 2 is 1.83 bits per heavy atom. The van der Waals surface area contributed by atoms with Gasteiger partial charge in [-0.2, -0.15) is 8.75 Å². The SMILES string of the molecule is CN(Cc1ccc2nsnc2c1)C(=O)c1cc(=O)n(C)c(=O)n1C. The third kappa shape index (κ3) is 2.73. The van der Waals surface area contributed by atoms with Gasteiger partial charge in [0.15, 0.2) is 0 Å². The molecule has 0 spiro atoms. The Hall–Kier alpha value is -2.81. The maximum atomic E-state index is 12.6. The molecule has 0 unspecified atom stereocenters. The second-order valence-electron chi connectivity index (χ2n) is 5.52. The van der Waals surface area contributed by atoms with Gasteiger partial charge in [-0.15, -0.1) is 0 Å². The van der Waals surface area contributed by atoms with Crippen molar-refractivity contribution in [3.8, 4) is 0 Å². The number of amides is 1. The molecule has 8 nitrogen and oxygen atoms in total. The van der Waals surface area contributed by atoms with Crippen LogP contribution < -0.4 is 11.2 Å². The minimum Gasteiger partial charge on any atom is -0.336 e. The van der Waals surface area contributed by atoms with E-state index in [4.69, 9.17) is 0 Å². The molecule has 0 bridgehead atoms. The highest BCUT2D eigenvalue weighted by molar-refractivity contribution is 7.00. The highest BCUT2D eigenvalue weighted by Crippen LogP contribution is 2.15. The van der Waals surface area contributed by atoms with Crippen molar-refractivity contribution in [2.24, 2.45) is 14.1 Å². The number of carbonyl (C=O) groups is 1. The molecule has 0 fully saturated rings. The topological polar surface area (TPSA) is 90.1 Å². The zero-order chi connectivity index (χ0) is 17.4. The third-order valence-corrected chi connectivity index (χ3v) is 4.39. The minimum absolute atomic E-state index is 0.0574. The number of hydrogen-bond acceptors (Lipinski definition) is 6. The van der Waals surface area contributed by atoms with Gasteiger partial charge < -0.3 is 4.90 Å². The Morgan fingerprint density at radius 1 is 1.12 bits per heavy atom. The van der Waals surface area contributed by atoms with E-state index >= 15 is 0 Å². The highest BCUT2D eigenvalue weighted by Gasteiger charge is 2.18. The van der Waals surface area contributed by atoms with Crippen molar-refractivity contribution in [3.05, 3.63) is 56.4 Å². The molecule has 0 saturated carbocycles. The van der Waals surface area contributed by atoms with E-state index in [-0.39, 0.29) is 5.69 Å². The molecule has 1 amide bonds. The predicted molar refractivity (Wildman–Crippen MR) is 90.1 cm³/mol. The molecule has 3 aromatic rings. The van der Waals surface area contributed by atoms with Gasteiger partial charge in [-0.25, -0.2) is 4.79 Å². The van der Waals surface area contributed by atoms with Gasteiger partial charge in [0.1, 0.15) is 16.7 Å². The monoisotopic (exact) mass is 345 g/mol. The Labute approximate surface area is 140 Å². The number of nitrogens with zero attached hydrogens (tertiary/aromatic N) is 5. The quantitative estimate of drug-likeness (QED) is 0.684. The van der Waals surface area contributed by atoms with Gasteiger partial charge in [0.2, 0.25) is 0 Å². The number of carbonyl (C=O) groups excluding carboxylic acids is 1. The van der Waals surface area contributed by atoms with E-state index in [2.05, 4.69) is 8.75 Å². The number of rotatable bonds is 3. The van der Waals surface area contributed by atoms with Gasteiger partial charge in [0.05, 0.1) is 11.7 Å². The van der Waals surface area contributed by atoms with Gasteiger partial charge in [-0.3, -0.25) is 18.7 Å². The Balaban J connectivity index is 1.90. The standard InChI is InChI=1S/C15H15N5O3S/c1-18(8-9-4-5-10-11(6-9)17-24-16-10)14(22)12-7-13(21)20(3)15(23)19(12)2/h4-7H,8H2,1-3H3. The summed E-state index contributed by atoms with van der Waals surface area (Å²) in [5.41, 5.74) is 1.49. The summed E-state index contributed by atoms with van der Waals surface area (Å²) in [5, 5.41) is 0. The van der Waals surface area contributed by atoms with Crippen LogP contribution in [0.15, 0.2) is 33.9 Å². The van der Waals surface area contributed by atoms with Crippen LogP contribution in [-0.2, 0) is 20.6 Å². The highest BCUT2D eigenvalue weighted by atomic mass is 32.1. The molecule has 0 saturated heterocycles. The predicted octanol–water partition coefficient (Wildman–Crippen LogP) is 0.361. The molecule has 2 heterocycles. The molecule has 0 aliphatic rings. The number of benzene rings is 1. The van der Waals surface area contributed by atoms with E-state index in [1.165, 1.54) is 29.6 Å². The molecule has 24 heavy (non-hydrogen) atoms.